The summed E-state index contributed by atoms with van der Waals surface area (Å²) in [7, 11) is 0. The maximum atomic E-state index is 10.8. The molecule has 60 valence electrons. The third-order valence-corrected chi connectivity index (χ3v) is 1.51. The van der Waals surface area contributed by atoms with E-state index in [2.05, 4.69) is 4.74 Å². The quantitative estimate of drug-likeness (QED) is 0.217. The Morgan fingerprint density at radius 1 is 1.73 bits per heavy atom. The number of rotatable bonds is 1. The van der Waals surface area contributed by atoms with Crippen LogP contribution in [0.3, 0.4) is 0 Å². The van der Waals surface area contributed by atoms with Crippen LogP contribution >= 0.6 is 0 Å². The van der Waals surface area contributed by atoms with Gasteiger partial charge in [0.1, 0.15) is 6.61 Å². The van der Waals surface area contributed by atoms with Crippen LogP contribution in [0.1, 0.15) is 6.92 Å². The molecule has 1 aliphatic rings. The van der Waals surface area contributed by atoms with Gasteiger partial charge >= 0.3 is 5.97 Å². The second-order valence-corrected chi connectivity index (χ2v) is 2.15. The first-order valence-corrected chi connectivity index (χ1v) is 3.04. The number of carbonyl (C=O) groups is 2. The van der Waals surface area contributed by atoms with E-state index in [4.69, 9.17) is 5.84 Å². The maximum absolute atomic E-state index is 10.8. The lowest BCUT2D eigenvalue weighted by atomic mass is 10.2. The van der Waals surface area contributed by atoms with Crippen molar-refractivity contribution in [3.05, 3.63) is 11.1 Å². The molecule has 0 aromatic heterocycles. The van der Waals surface area contributed by atoms with Crippen LogP contribution in [0.2, 0.25) is 0 Å². The topological polar surface area (TPSA) is 81.4 Å². The zero-order valence-corrected chi connectivity index (χ0v) is 6.01. The molecule has 5 heteroatoms. The number of ether oxygens (including phenoxy) is 1. The Hall–Kier alpha value is -1.36. The minimum atomic E-state index is -0.464. The van der Waals surface area contributed by atoms with Gasteiger partial charge in [0.05, 0.1) is 5.57 Å². The summed E-state index contributed by atoms with van der Waals surface area (Å²) in [5.41, 5.74) is 2.56. The highest BCUT2D eigenvalue weighted by molar-refractivity contribution is 6.04. The molecule has 11 heavy (non-hydrogen) atoms. The number of cyclic esters (lactones) is 1. The van der Waals surface area contributed by atoms with Crippen molar-refractivity contribution in [3.63, 3.8) is 0 Å². The van der Waals surface area contributed by atoms with Crippen LogP contribution < -0.4 is 11.3 Å². The van der Waals surface area contributed by atoms with E-state index in [1.54, 1.807) is 0 Å². The van der Waals surface area contributed by atoms with Gasteiger partial charge in [-0.2, -0.15) is 0 Å². The predicted octanol–water partition coefficient (Wildman–Crippen LogP) is -1.15. The standard InChI is InChI=1S/C6H8N2O3/c1-3-4(5(9)8-7)2-11-6(3)10/h2,7H2,1H3,(H,8,9). The molecule has 0 spiro atoms. The van der Waals surface area contributed by atoms with Crippen LogP contribution in [0.4, 0.5) is 0 Å². The van der Waals surface area contributed by atoms with Crippen LogP contribution in [0.25, 0.3) is 0 Å². The number of hydrogen-bond donors (Lipinski definition) is 2. The molecule has 0 aliphatic carbocycles. The molecular weight excluding hydrogens is 148 g/mol. The van der Waals surface area contributed by atoms with Crippen molar-refractivity contribution in [2.45, 2.75) is 6.92 Å². The Bertz CT molecular complexity index is 244. The Morgan fingerprint density at radius 2 is 2.36 bits per heavy atom. The first-order chi connectivity index (χ1) is 5.16. The van der Waals surface area contributed by atoms with E-state index in [9.17, 15) is 9.59 Å². The van der Waals surface area contributed by atoms with E-state index < -0.39 is 11.9 Å². The maximum Gasteiger partial charge on any atom is 0.334 e. The van der Waals surface area contributed by atoms with Crippen molar-refractivity contribution < 1.29 is 14.3 Å². The lowest BCUT2D eigenvalue weighted by Crippen LogP contribution is -2.32. The van der Waals surface area contributed by atoms with E-state index in [0.717, 1.165) is 0 Å². The van der Waals surface area contributed by atoms with Crippen LogP contribution in [0.15, 0.2) is 11.1 Å². The summed E-state index contributed by atoms with van der Waals surface area (Å²) < 4.78 is 4.57. The number of carbonyl (C=O) groups excluding carboxylic acids is 2. The number of hydrazine groups is 1. The van der Waals surface area contributed by atoms with Gasteiger partial charge in [0, 0.05) is 5.57 Å². The molecular formula is C6H8N2O3. The lowest BCUT2D eigenvalue weighted by Gasteiger charge is -1.96. The normalized spacial score (nSPS) is 16.7. The second-order valence-electron chi connectivity index (χ2n) is 2.15. The van der Waals surface area contributed by atoms with Crippen LogP contribution in [-0.4, -0.2) is 18.5 Å². The van der Waals surface area contributed by atoms with Gasteiger partial charge in [0.15, 0.2) is 0 Å². The Morgan fingerprint density at radius 3 is 2.73 bits per heavy atom. The van der Waals surface area contributed by atoms with Crippen LogP contribution in [0.5, 0.6) is 0 Å². The van der Waals surface area contributed by atoms with Gasteiger partial charge in [-0.3, -0.25) is 10.2 Å². The van der Waals surface area contributed by atoms with Crippen molar-refractivity contribution in [3.8, 4) is 0 Å². The van der Waals surface area contributed by atoms with E-state index >= 15 is 0 Å². The number of nitrogens with two attached hydrogens (primary N) is 1. The van der Waals surface area contributed by atoms with Crippen molar-refractivity contribution >= 4 is 11.9 Å². The Balaban J connectivity index is 2.88. The highest BCUT2D eigenvalue weighted by Crippen LogP contribution is 2.14. The molecule has 0 saturated heterocycles. The predicted molar refractivity (Wildman–Crippen MR) is 36.0 cm³/mol. The summed E-state index contributed by atoms with van der Waals surface area (Å²) in [6, 6.07) is 0. The lowest BCUT2D eigenvalue weighted by molar-refractivity contribution is -0.135. The number of nitrogens with one attached hydrogen (secondary N) is 1. The summed E-state index contributed by atoms with van der Waals surface area (Å²) in [5.74, 6) is 3.94. The fourth-order valence-corrected chi connectivity index (χ4v) is 0.800. The zero-order valence-electron chi connectivity index (χ0n) is 6.01. The van der Waals surface area contributed by atoms with E-state index in [0.29, 0.717) is 11.1 Å². The Labute approximate surface area is 63.2 Å². The van der Waals surface area contributed by atoms with E-state index in [1.807, 2.05) is 5.43 Å². The molecule has 5 nitrogen and oxygen atoms in total. The molecule has 0 atom stereocenters. The van der Waals surface area contributed by atoms with Gasteiger partial charge in [0.2, 0.25) is 0 Å². The second kappa shape index (κ2) is 2.71. The summed E-state index contributed by atoms with van der Waals surface area (Å²) in [6.07, 6.45) is 0. The van der Waals surface area contributed by atoms with Gasteiger partial charge in [-0.1, -0.05) is 0 Å². The number of hydrogen-bond acceptors (Lipinski definition) is 4. The fourth-order valence-electron chi connectivity index (χ4n) is 0.800. The molecule has 0 aromatic rings. The average molecular weight is 156 g/mol. The summed E-state index contributed by atoms with van der Waals surface area (Å²) in [5, 5.41) is 0. The molecule has 0 radical (unpaired) electrons. The smallest absolute Gasteiger partial charge is 0.334 e. The fraction of sp³-hybridized carbons (Fsp3) is 0.333. The summed E-state index contributed by atoms with van der Waals surface area (Å²) in [4.78, 5) is 21.5. The van der Waals surface area contributed by atoms with Crippen molar-refractivity contribution in [1.29, 1.82) is 0 Å². The summed E-state index contributed by atoms with van der Waals surface area (Å²) >= 11 is 0. The monoisotopic (exact) mass is 156 g/mol. The largest absolute Gasteiger partial charge is 0.457 e. The van der Waals surface area contributed by atoms with Gasteiger partial charge in [-0.05, 0) is 6.92 Å². The van der Waals surface area contributed by atoms with Crippen molar-refractivity contribution in [1.82, 2.24) is 5.43 Å². The van der Waals surface area contributed by atoms with E-state index in [1.165, 1.54) is 6.92 Å². The molecule has 0 fully saturated rings. The third-order valence-electron chi connectivity index (χ3n) is 1.51. The van der Waals surface area contributed by atoms with Crippen molar-refractivity contribution in [2.24, 2.45) is 5.84 Å². The first kappa shape index (κ1) is 7.74. The Kier molecular flexibility index (Phi) is 1.91. The average Bonchev–Trinajstić information content (AvgIpc) is 2.32. The highest BCUT2D eigenvalue weighted by Gasteiger charge is 2.25. The van der Waals surface area contributed by atoms with Crippen molar-refractivity contribution in [2.75, 3.05) is 6.61 Å². The van der Waals surface area contributed by atoms with Crippen LogP contribution in [-0.2, 0) is 14.3 Å². The molecule has 0 bridgehead atoms. The van der Waals surface area contributed by atoms with Gasteiger partial charge < -0.3 is 4.74 Å². The minimum Gasteiger partial charge on any atom is -0.457 e. The molecule has 0 unspecified atom stereocenters. The number of esters is 1. The SMILES string of the molecule is CC1=C(C(=O)NN)COC1=O. The number of amides is 1. The molecule has 1 aliphatic heterocycles. The molecule has 0 saturated carbocycles. The first-order valence-electron chi connectivity index (χ1n) is 3.04. The van der Waals surface area contributed by atoms with Gasteiger partial charge in [-0.15, -0.1) is 0 Å². The molecule has 0 aromatic carbocycles. The molecule has 3 N–H and O–H groups in total. The third kappa shape index (κ3) is 1.22. The minimum absolute atomic E-state index is 0.0215. The van der Waals surface area contributed by atoms with E-state index in [-0.39, 0.29) is 6.61 Å². The summed E-state index contributed by atoms with van der Waals surface area (Å²) in [6.45, 7) is 1.55. The molecule has 1 heterocycles. The highest BCUT2D eigenvalue weighted by atomic mass is 16.5. The van der Waals surface area contributed by atoms with Gasteiger partial charge in [0.25, 0.3) is 5.91 Å². The molecule has 1 rings (SSSR count). The van der Waals surface area contributed by atoms with Crippen LogP contribution in [0, 0.1) is 0 Å². The molecule has 1 amide bonds. The zero-order chi connectivity index (χ0) is 8.43. The van der Waals surface area contributed by atoms with Gasteiger partial charge in [-0.25, -0.2) is 10.6 Å².